The molecule has 0 saturated carbocycles. The summed E-state index contributed by atoms with van der Waals surface area (Å²) in [7, 11) is 1.43. The second-order valence-corrected chi connectivity index (χ2v) is 7.36. The minimum Gasteiger partial charge on any atom is -0.465 e. The highest BCUT2D eigenvalue weighted by Gasteiger charge is 2.24. The summed E-state index contributed by atoms with van der Waals surface area (Å²) in [4.78, 5) is 14.4. The Labute approximate surface area is 139 Å². The van der Waals surface area contributed by atoms with Gasteiger partial charge in [-0.1, -0.05) is 15.9 Å². The zero-order valence-corrected chi connectivity index (χ0v) is 15.2. The van der Waals surface area contributed by atoms with Crippen molar-refractivity contribution in [1.82, 2.24) is 0 Å². The molecule has 3 nitrogen and oxygen atoms in total. The predicted octanol–water partition coefficient (Wildman–Crippen LogP) is 4.27. The summed E-state index contributed by atoms with van der Waals surface area (Å²) < 4.78 is 5.83. The number of anilines is 1. The van der Waals surface area contributed by atoms with Gasteiger partial charge in [-0.15, -0.1) is 0 Å². The van der Waals surface area contributed by atoms with Gasteiger partial charge in [0.1, 0.15) is 0 Å². The average Bonchev–Trinajstić information content (AvgIpc) is 2.51. The molecule has 21 heavy (non-hydrogen) atoms. The summed E-state index contributed by atoms with van der Waals surface area (Å²) in [5.74, 6) is 2.17. The maximum absolute atomic E-state index is 12.0. The maximum atomic E-state index is 12.0. The normalized spacial score (nSPS) is 15.8. The first-order chi connectivity index (χ1) is 10.1. The number of rotatable bonds is 4. The van der Waals surface area contributed by atoms with Crippen LogP contribution in [0.2, 0.25) is 0 Å². The van der Waals surface area contributed by atoms with Crippen molar-refractivity contribution in [3.8, 4) is 0 Å². The van der Waals surface area contributed by atoms with E-state index in [1.807, 2.05) is 24.8 Å². The van der Waals surface area contributed by atoms with Crippen molar-refractivity contribution in [3.63, 3.8) is 0 Å². The Hall–Kier alpha value is -0.680. The Morgan fingerprint density at radius 2 is 2.10 bits per heavy atom. The molecular weight excluding hydrogens is 350 g/mol. The number of ether oxygens (including phenoxy) is 1. The van der Waals surface area contributed by atoms with E-state index in [4.69, 9.17) is 4.74 Å². The molecule has 0 unspecified atom stereocenters. The number of thioether (sulfide) groups is 1. The van der Waals surface area contributed by atoms with Crippen LogP contribution in [-0.4, -0.2) is 37.2 Å². The zero-order valence-electron chi connectivity index (χ0n) is 12.8. The van der Waals surface area contributed by atoms with E-state index in [0.717, 1.165) is 22.3 Å². The summed E-state index contributed by atoms with van der Waals surface area (Å²) in [6, 6.07) is 4.53. The van der Waals surface area contributed by atoms with Gasteiger partial charge in [0, 0.05) is 22.7 Å². The highest BCUT2D eigenvalue weighted by atomic mass is 79.9. The van der Waals surface area contributed by atoms with Gasteiger partial charge in [-0.25, -0.2) is 4.79 Å². The molecule has 1 heterocycles. The minimum absolute atomic E-state index is 0.273. The molecule has 2 rings (SSSR count). The van der Waals surface area contributed by atoms with Gasteiger partial charge in [0.15, 0.2) is 0 Å². The van der Waals surface area contributed by atoms with Gasteiger partial charge in [0.05, 0.1) is 12.7 Å². The van der Waals surface area contributed by atoms with Crippen LogP contribution in [0.15, 0.2) is 16.6 Å². The van der Waals surface area contributed by atoms with Gasteiger partial charge < -0.3 is 9.64 Å². The number of hydrogen-bond acceptors (Lipinski definition) is 4. The average molecular weight is 372 g/mol. The fourth-order valence-corrected chi connectivity index (χ4v) is 4.43. The van der Waals surface area contributed by atoms with Crippen molar-refractivity contribution in [2.45, 2.75) is 32.7 Å². The third-order valence-corrected chi connectivity index (χ3v) is 5.54. The Morgan fingerprint density at radius 1 is 1.43 bits per heavy atom. The Morgan fingerprint density at radius 3 is 2.67 bits per heavy atom. The molecule has 1 aliphatic heterocycles. The molecule has 0 aromatic heterocycles. The predicted molar refractivity (Wildman–Crippen MR) is 93.6 cm³/mol. The number of nitrogens with zero attached hydrogens (tertiary/aromatic N) is 1. The first kappa shape index (κ1) is 16.7. The number of hydrogen-bond donors (Lipinski definition) is 0. The lowest BCUT2D eigenvalue weighted by Crippen LogP contribution is -2.38. The lowest BCUT2D eigenvalue weighted by molar-refractivity contribution is 0.0600. The number of methoxy groups -OCH3 is 1. The Bertz CT molecular complexity index is 515. The number of benzene rings is 1. The highest BCUT2D eigenvalue weighted by Crippen LogP contribution is 2.33. The second-order valence-electron chi connectivity index (χ2n) is 5.22. The number of carbonyl (C=O) groups excluding carboxylic acids is 1. The van der Waals surface area contributed by atoms with Crippen molar-refractivity contribution in [2.75, 3.05) is 30.1 Å². The molecule has 0 amide bonds. The van der Waals surface area contributed by atoms with E-state index in [-0.39, 0.29) is 5.97 Å². The number of esters is 1. The van der Waals surface area contributed by atoms with Gasteiger partial charge >= 0.3 is 5.97 Å². The molecule has 0 spiro atoms. The van der Waals surface area contributed by atoms with Gasteiger partial charge in [0.2, 0.25) is 0 Å². The third-order valence-electron chi connectivity index (χ3n) is 4.03. The summed E-state index contributed by atoms with van der Waals surface area (Å²) in [6.45, 7) is 5.14. The summed E-state index contributed by atoms with van der Waals surface area (Å²) in [6.07, 6.45) is 2.41. The molecule has 0 aliphatic carbocycles. The SMILES string of the molecule is CCN(c1cc(Br)cc(C(=O)OC)c1C)C1CCSCC1. The number of halogens is 1. The van der Waals surface area contributed by atoms with E-state index in [0.29, 0.717) is 11.6 Å². The molecule has 116 valence electrons. The van der Waals surface area contributed by atoms with Gasteiger partial charge in [0.25, 0.3) is 0 Å². The van der Waals surface area contributed by atoms with Crippen LogP contribution in [0.4, 0.5) is 5.69 Å². The largest absolute Gasteiger partial charge is 0.465 e. The van der Waals surface area contributed by atoms with Gasteiger partial charge in [-0.3, -0.25) is 0 Å². The van der Waals surface area contributed by atoms with E-state index in [1.54, 1.807) is 0 Å². The highest BCUT2D eigenvalue weighted by molar-refractivity contribution is 9.10. The molecule has 1 fully saturated rings. The Kier molecular flexibility index (Phi) is 5.99. The fraction of sp³-hybridized carbons (Fsp3) is 0.562. The molecule has 1 aromatic carbocycles. The lowest BCUT2D eigenvalue weighted by atomic mass is 10.0. The zero-order chi connectivity index (χ0) is 15.4. The molecule has 0 N–H and O–H groups in total. The quantitative estimate of drug-likeness (QED) is 0.739. The lowest BCUT2D eigenvalue weighted by Gasteiger charge is -2.36. The standard InChI is InChI=1S/C16H22BrNO2S/c1-4-18(13-5-7-21-8-6-13)15-10-12(17)9-14(11(15)2)16(19)20-3/h9-10,13H,4-8H2,1-3H3. The van der Waals surface area contributed by atoms with E-state index in [2.05, 4.69) is 33.8 Å². The summed E-state index contributed by atoms with van der Waals surface area (Å²) in [5.41, 5.74) is 2.79. The van der Waals surface area contributed by atoms with Crippen LogP contribution in [0.3, 0.4) is 0 Å². The third kappa shape index (κ3) is 3.75. The van der Waals surface area contributed by atoms with Crippen molar-refractivity contribution in [2.24, 2.45) is 0 Å². The molecule has 5 heteroatoms. The van der Waals surface area contributed by atoms with Crippen molar-refractivity contribution in [1.29, 1.82) is 0 Å². The summed E-state index contributed by atoms with van der Waals surface area (Å²) >= 11 is 5.56. The van der Waals surface area contributed by atoms with E-state index < -0.39 is 0 Å². The fourth-order valence-electron chi connectivity index (χ4n) is 2.91. The van der Waals surface area contributed by atoms with Crippen LogP contribution in [0.25, 0.3) is 0 Å². The molecule has 0 radical (unpaired) electrons. The number of carbonyl (C=O) groups is 1. The van der Waals surface area contributed by atoms with Crippen molar-refractivity contribution < 1.29 is 9.53 Å². The second kappa shape index (κ2) is 7.54. The van der Waals surface area contributed by atoms with Crippen LogP contribution >= 0.6 is 27.7 Å². The van der Waals surface area contributed by atoms with Crippen LogP contribution in [0, 0.1) is 6.92 Å². The molecule has 1 aliphatic rings. The first-order valence-electron chi connectivity index (χ1n) is 7.31. The maximum Gasteiger partial charge on any atom is 0.338 e. The van der Waals surface area contributed by atoms with Gasteiger partial charge in [-0.05, 0) is 55.9 Å². The molecule has 1 saturated heterocycles. The molecule has 0 bridgehead atoms. The minimum atomic E-state index is -0.273. The van der Waals surface area contributed by atoms with Crippen LogP contribution in [0.1, 0.15) is 35.7 Å². The van der Waals surface area contributed by atoms with E-state index >= 15 is 0 Å². The van der Waals surface area contributed by atoms with Crippen molar-refractivity contribution in [3.05, 3.63) is 27.7 Å². The summed E-state index contributed by atoms with van der Waals surface area (Å²) in [5, 5.41) is 0. The van der Waals surface area contributed by atoms with Gasteiger partial charge in [-0.2, -0.15) is 11.8 Å². The van der Waals surface area contributed by atoms with Crippen LogP contribution in [-0.2, 0) is 4.74 Å². The first-order valence-corrected chi connectivity index (χ1v) is 9.26. The molecule has 0 atom stereocenters. The smallest absolute Gasteiger partial charge is 0.338 e. The van der Waals surface area contributed by atoms with Crippen molar-refractivity contribution >= 4 is 39.3 Å². The van der Waals surface area contributed by atoms with Crippen LogP contribution < -0.4 is 4.90 Å². The molecule has 1 aromatic rings. The van der Waals surface area contributed by atoms with E-state index in [1.165, 1.54) is 31.5 Å². The monoisotopic (exact) mass is 371 g/mol. The van der Waals surface area contributed by atoms with E-state index in [9.17, 15) is 4.79 Å². The topological polar surface area (TPSA) is 29.5 Å². The van der Waals surface area contributed by atoms with Crippen LogP contribution in [0.5, 0.6) is 0 Å². The Balaban J connectivity index is 2.40. The molecular formula is C16H22BrNO2S.